The van der Waals surface area contributed by atoms with Crippen molar-refractivity contribution in [3.05, 3.63) is 69.5 Å². The van der Waals surface area contributed by atoms with Crippen LogP contribution in [0.4, 0.5) is 0 Å². The predicted octanol–water partition coefficient (Wildman–Crippen LogP) is 5.39. The third kappa shape index (κ3) is 6.51. The number of carbonyl (C=O) groups excluding carboxylic acids is 1. The Labute approximate surface area is 199 Å². The minimum atomic E-state index is -0.0415. The largest absolute Gasteiger partial charge is 0.380 e. The van der Waals surface area contributed by atoms with Gasteiger partial charge in [-0.15, -0.1) is 0 Å². The fraction of sp³-hybridized carbons (Fsp3) is 0.375. The average Bonchev–Trinajstić information content (AvgIpc) is 3.11. The van der Waals surface area contributed by atoms with Crippen LogP contribution in [-0.2, 0) is 35.8 Å². The number of unbranched alkanes of at least 4 members (excludes halogenated alkanes) is 1. The van der Waals surface area contributed by atoms with Crippen LogP contribution in [-0.4, -0.2) is 27.4 Å². The molecule has 0 fully saturated rings. The van der Waals surface area contributed by atoms with E-state index in [1.54, 1.807) is 11.8 Å². The molecule has 32 heavy (non-hydrogen) atoms. The summed E-state index contributed by atoms with van der Waals surface area (Å²) < 4.78 is 9.58. The molecule has 0 saturated heterocycles. The van der Waals surface area contributed by atoms with Gasteiger partial charge in [0.2, 0.25) is 5.91 Å². The number of halogens is 1. The third-order valence-corrected chi connectivity index (χ3v) is 5.79. The molecule has 1 amide bonds. The monoisotopic (exact) mass is 472 g/mol. The van der Waals surface area contributed by atoms with Crippen molar-refractivity contribution >= 4 is 29.7 Å². The molecule has 1 heterocycles. The van der Waals surface area contributed by atoms with Crippen molar-refractivity contribution < 1.29 is 9.53 Å². The van der Waals surface area contributed by atoms with Crippen molar-refractivity contribution in [2.24, 2.45) is 0 Å². The Morgan fingerprint density at radius 1 is 1.16 bits per heavy atom. The van der Waals surface area contributed by atoms with Gasteiger partial charge in [0.1, 0.15) is 0 Å². The molecule has 0 aliphatic carbocycles. The number of nitrogens with one attached hydrogen (secondary N) is 1. The number of carbonyl (C=O) groups is 1. The standard InChI is InChI=1S/C24H29ClN4O2S/c1-3-4-13-28-23(20-8-10-21(25)11-9-20)27-29(24(28)32)14-12-22(30)26-16-18-6-5-7-19(15-18)17-31-2/h5-11,15H,3-4,12-14,16-17H2,1-2H3,(H,26,30). The summed E-state index contributed by atoms with van der Waals surface area (Å²) in [4.78, 5) is 12.5. The van der Waals surface area contributed by atoms with E-state index in [1.807, 2.05) is 53.1 Å². The zero-order valence-corrected chi connectivity index (χ0v) is 20.1. The van der Waals surface area contributed by atoms with Crippen molar-refractivity contribution in [3.63, 3.8) is 0 Å². The average molecular weight is 473 g/mol. The summed E-state index contributed by atoms with van der Waals surface area (Å²) in [7, 11) is 1.67. The van der Waals surface area contributed by atoms with Gasteiger partial charge < -0.3 is 10.1 Å². The zero-order chi connectivity index (χ0) is 22.9. The normalized spacial score (nSPS) is 11.0. The maximum atomic E-state index is 12.5. The van der Waals surface area contributed by atoms with Crippen LogP contribution in [0, 0.1) is 4.77 Å². The predicted molar refractivity (Wildman–Crippen MR) is 130 cm³/mol. The first-order chi connectivity index (χ1) is 15.5. The summed E-state index contributed by atoms with van der Waals surface area (Å²) >= 11 is 11.7. The van der Waals surface area contributed by atoms with Gasteiger partial charge in [-0.3, -0.25) is 9.36 Å². The van der Waals surface area contributed by atoms with Crippen LogP contribution in [0.5, 0.6) is 0 Å². The fourth-order valence-electron chi connectivity index (χ4n) is 3.41. The summed E-state index contributed by atoms with van der Waals surface area (Å²) in [5.74, 6) is 0.760. The van der Waals surface area contributed by atoms with Crippen molar-refractivity contribution in [1.82, 2.24) is 19.7 Å². The Bertz CT molecular complexity index is 1090. The molecule has 0 saturated carbocycles. The van der Waals surface area contributed by atoms with Crippen LogP contribution in [0.2, 0.25) is 5.02 Å². The molecule has 2 aromatic carbocycles. The van der Waals surface area contributed by atoms with Gasteiger partial charge in [0.05, 0.1) is 13.2 Å². The number of methoxy groups -OCH3 is 1. The zero-order valence-electron chi connectivity index (χ0n) is 18.5. The second kappa shape index (κ2) is 11.9. The second-order valence-electron chi connectivity index (χ2n) is 7.62. The van der Waals surface area contributed by atoms with E-state index < -0.39 is 0 Å². The van der Waals surface area contributed by atoms with E-state index in [0.29, 0.717) is 35.9 Å². The lowest BCUT2D eigenvalue weighted by molar-refractivity contribution is -0.121. The highest BCUT2D eigenvalue weighted by Crippen LogP contribution is 2.21. The molecule has 0 unspecified atom stereocenters. The minimum absolute atomic E-state index is 0.0415. The van der Waals surface area contributed by atoms with Gasteiger partial charge in [0.15, 0.2) is 10.6 Å². The molecule has 0 aliphatic heterocycles. The number of aryl methyl sites for hydroxylation is 1. The highest BCUT2D eigenvalue weighted by Gasteiger charge is 2.14. The molecule has 3 rings (SSSR count). The second-order valence-corrected chi connectivity index (χ2v) is 8.42. The van der Waals surface area contributed by atoms with Gasteiger partial charge in [-0.25, -0.2) is 4.68 Å². The number of ether oxygens (including phenoxy) is 1. The molecule has 3 aromatic rings. The maximum Gasteiger partial charge on any atom is 0.222 e. The number of hydrogen-bond donors (Lipinski definition) is 1. The number of hydrogen-bond acceptors (Lipinski definition) is 4. The Morgan fingerprint density at radius 2 is 1.91 bits per heavy atom. The first-order valence-corrected chi connectivity index (χ1v) is 11.6. The molecule has 0 aliphatic rings. The molecule has 8 heteroatoms. The topological polar surface area (TPSA) is 61.1 Å². The van der Waals surface area contributed by atoms with Crippen molar-refractivity contribution in [2.75, 3.05) is 7.11 Å². The molecular weight excluding hydrogens is 444 g/mol. The van der Waals surface area contributed by atoms with Crippen LogP contribution in [0.25, 0.3) is 11.4 Å². The quantitative estimate of drug-likeness (QED) is 0.380. The number of nitrogens with zero attached hydrogens (tertiary/aromatic N) is 3. The minimum Gasteiger partial charge on any atom is -0.380 e. The van der Waals surface area contributed by atoms with E-state index in [2.05, 4.69) is 12.2 Å². The van der Waals surface area contributed by atoms with E-state index in [1.165, 1.54) is 0 Å². The molecular formula is C24H29ClN4O2S. The van der Waals surface area contributed by atoms with Crippen LogP contribution < -0.4 is 5.32 Å². The summed E-state index contributed by atoms with van der Waals surface area (Å²) in [6, 6.07) is 15.6. The van der Waals surface area contributed by atoms with Crippen LogP contribution >= 0.6 is 23.8 Å². The Balaban J connectivity index is 1.66. The van der Waals surface area contributed by atoms with Crippen LogP contribution in [0.15, 0.2) is 48.5 Å². The third-order valence-electron chi connectivity index (χ3n) is 5.10. The smallest absolute Gasteiger partial charge is 0.222 e. The number of benzene rings is 2. The van der Waals surface area contributed by atoms with E-state index in [9.17, 15) is 4.79 Å². The lowest BCUT2D eigenvalue weighted by Crippen LogP contribution is -2.24. The van der Waals surface area contributed by atoms with Gasteiger partial charge in [-0.05, 0) is 54.0 Å². The highest BCUT2D eigenvalue weighted by atomic mass is 35.5. The maximum absolute atomic E-state index is 12.5. The Kier molecular flexibility index (Phi) is 9.02. The summed E-state index contributed by atoms with van der Waals surface area (Å²) in [6.45, 7) is 4.39. The molecule has 0 spiro atoms. The van der Waals surface area contributed by atoms with Gasteiger partial charge in [-0.1, -0.05) is 49.2 Å². The van der Waals surface area contributed by atoms with Crippen molar-refractivity contribution in [2.45, 2.75) is 52.4 Å². The van der Waals surface area contributed by atoms with Gasteiger partial charge >= 0.3 is 0 Å². The van der Waals surface area contributed by atoms with Gasteiger partial charge in [0, 0.05) is 37.2 Å². The number of aromatic nitrogens is 3. The van der Waals surface area contributed by atoms with E-state index in [4.69, 9.17) is 33.7 Å². The molecule has 1 N–H and O–H groups in total. The van der Waals surface area contributed by atoms with Crippen LogP contribution in [0.1, 0.15) is 37.3 Å². The number of rotatable bonds is 11. The summed E-state index contributed by atoms with van der Waals surface area (Å²) in [5, 5.41) is 8.38. The molecule has 170 valence electrons. The fourth-order valence-corrected chi connectivity index (χ4v) is 3.85. The van der Waals surface area contributed by atoms with Crippen molar-refractivity contribution in [3.8, 4) is 11.4 Å². The molecule has 0 atom stereocenters. The summed E-state index contributed by atoms with van der Waals surface area (Å²) in [5.41, 5.74) is 3.08. The molecule has 0 radical (unpaired) electrons. The molecule has 1 aromatic heterocycles. The lowest BCUT2D eigenvalue weighted by Gasteiger charge is -2.07. The van der Waals surface area contributed by atoms with E-state index >= 15 is 0 Å². The van der Waals surface area contributed by atoms with E-state index in [0.717, 1.165) is 41.9 Å². The Morgan fingerprint density at radius 3 is 2.62 bits per heavy atom. The van der Waals surface area contributed by atoms with Crippen molar-refractivity contribution in [1.29, 1.82) is 0 Å². The highest BCUT2D eigenvalue weighted by molar-refractivity contribution is 7.71. The van der Waals surface area contributed by atoms with Crippen LogP contribution in [0.3, 0.4) is 0 Å². The Hall–Kier alpha value is -2.48. The molecule has 0 bridgehead atoms. The molecule has 6 nitrogen and oxygen atoms in total. The first kappa shape index (κ1) is 24.2. The van der Waals surface area contributed by atoms with E-state index in [-0.39, 0.29) is 5.91 Å². The lowest BCUT2D eigenvalue weighted by atomic mass is 10.1. The van der Waals surface area contributed by atoms with Gasteiger partial charge in [-0.2, -0.15) is 5.10 Å². The van der Waals surface area contributed by atoms with Gasteiger partial charge in [0.25, 0.3) is 0 Å². The first-order valence-electron chi connectivity index (χ1n) is 10.8. The SMILES string of the molecule is CCCCn1c(-c2ccc(Cl)cc2)nn(CCC(=O)NCc2cccc(COC)c2)c1=S. The summed E-state index contributed by atoms with van der Waals surface area (Å²) in [6.07, 6.45) is 2.36. The number of amides is 1.